The first-order chi connectivity index (χ1) is 11.2. The van der Waals surface area contributed by atoms with E-state index in [1.807, 2.05) is 0 Å². The molecule has 1 N–H and O–H groups in total. The molecule has 0 saturated heterocycles. The SMILES string of the molecule is O=C(COc1ccc(Cl)cc1Br)Nc1ccc(OC(F)(F)F)cc1. The van der Waals surface area contributed by atoms with Crippen molar-refractivity contribution in [2.75, 3.05) is 11.9 Å². The molecule has 0 aliphatic heterocycles. The van der Waals surface area contributed by atoms with Gasteiger partial charge in [0.25, 0.3) is 5.91 Å². The summed E-state index contributed by atoms with van der Waals surface area (Å²) in [6, 6.07) is 9.60. The van der Waals surface area contributed by atoms with Crippen LogP contribution in [0.2, 0.25) is 5.02 Å². The van der Waals surface area contributed by atoms with Crippen LogP contribution in [-0.4, -0.2) is 18.9 Å². The fraction of sp³-hybridized carbons (Fsp3) is 0.133. The molecule has 2 aromatic carbocycles. The normalized spacial score (nSPS) is 11.0. The van der Waals surface area contributed by atoms with Crippen LogP contribution < -0.4 is 14.8 Å². The zero-order valence-corrected chi connectivity index (χ0v) is 14.2. The highest BCUT2D eigenvalue weighted by atomic mass is 79.9. The molecule has 0 aliphatic rings. The first-order valence-corrected chi connectivity index (χ1v) is 7.63. The molecule has 4 nitrogen and oxygen atoms in total. The Bertz CT molecular complexity index is 723. The third-order valence-corrected chi connectivity index (χ3v) is 3.48. The smallest absolute Gasteiger partial charge is 0.483 e. The van der Waals surface area contributed by atoms with Gasteiger partial charge in [-0.15, -0.1) is 13.2 Å². The second-order valence-corrected chi connectivity index (χ2v) is 5.77. The monoisotopic (exact) mass is 423 g/mol. The summed E-state index contributed by atoms with van der Waals surface area (Å²) in [4.78, 5) is 11.8. The van der Waals surface area contributed by atoms with Gasteiger partial charge in [0.2, 0.25) is 0 Å². The summed E-state index contributed by atoms with van der Waals surface area (Å²) in [6.45, 7) is -0.277. The van der Waals surface area contributed by atoms with Gasteiger partial charge < -0.3 is 14.8 Å². The van der Waals surface area contributed by atoms with Crippen molar-refractivity contribution in [3.63, 3.8) is 0 Å². The Hall–Kier alpha value is -1.93. The maximum absolute atomic E-state index is 12.1. The lowest BCUT2D eigenvalue weighted by Crippen LogP contribution is -2.20. The molecule has 9 heteroatoms. The number of hydrogen-bond acceptors (Lipinski definition) is 3. The van der Waals surface area contributed by atoms with E-state index in [9.17, 15) is 18.0 Å². The maximum atomic E-state index is 12.1. The van der Waals surface area contributed by atoms with Crippen molar-refractivity contribution in [1.82, 2.24) is 0 Å². The fourth-order valence-corrected chi connectivity index (χ4v) is 2.47. The van der Waals surface area contributed by atoms with Crippen LogP contribution in [0.1, 0.15) is 0 Å². The molecule has 1 amide bonds. The second-order valence-electron chi connectivity index (χ2n) is 4.48. The average Bonchev–Trinajstić information content (AvgIpc) is 2.47. The molecule has 128 valence electrons. The zero-order valence-electron chi connectivity index (χ0n) is 11.9. The number of carbonyl (C=O) groups excluding carboxylic acids is 1. The standard InChI is InChI=1S/C15H10BrClF3NO3/c16-12-7-9(17)1-6-13(12)23-8-14(22)21-10-2-4-11(5-3-10)24-15(18,19)20/h1-7H,8H2,(H,21,22). The largest absolute Gasteiger partial charge is 0.573 e. The van der Waals surface area contributed by atoms with Gasteiger partial charge in [0.05, 0.1) is 4.47 Å². The van der Waals surface area contributed by atoms with Crippen molar-refractivity contribution in [2.24, 2.45) is 0 Å². The first kappa shape index (κ1) is 18.4. The quantitative estimate of drug-likeness (QED) is 0.733. The van der Waals surface area contributed by atoms with E-state index in [0.717, 1.165) is 12.1 Å². The Morgan fingerprint density at radius 2 is 1.83 bits per heavy atom. The van der Waals surface area contributed by atoms with Crippen LogP contribution in [0.15, 0.2) is 46.9 Å². The number of carbonyl (C=O) groups is 1. The highest BCUT2D eigenvalue weighted by Gasteiger charge is 2.30. The van der Waals surface area contributed by atoms with Crippen molar-refractivity contribution in [2.45, 2.75) is 6.36 Å². The number of anilines is 1. The summed E-state index contributed by atoms with van der Waals surface area (Å²) in [7, 11) is 0. The summed E-state index contributed by atoms with van der Waals surface area (Å²) >= 11 is 9.04. The molecule has 0 spiro atoms. The molecule has 0 fully saturated rings. The van der Waals surface area contributed by atoms with Gasteiger partial charge in [-0.3, -0.25) is 4.79 Å². The third-order valence-electron chi connectivity index (χ3n) is 2.62. The molecule has 0 aliphatic carbocycles. The molecular weight excluding hydrogens is 415 g/mol. The van der Waals surface area contributed by atoms with Gasteiger partial charge in [-0.05, 0) is 58.4 Å². The van der Waals surface area contributed by atoms with Crippen molar-refractivity contribution < 1.29 is 27.4 Å². The molecule has 0 radical (unpaired) electrons. The van der Waals surface area contributed by atoms with Crippen LogP contribution in [0.25, 0.3) is 0 Å². The van der Waals surface area contributed by atoms with Gasteiger partial charge in [-0.1, -0.05) is 11.6 Å². The lowest BCUT2D eigenvalue weighted by molar-refractivity contribution is -0.274. The second kappa shape index (κ2) is 7.76. The van der Waals surface area contributed by atoms with Gasteiger partial charge in [0, 0.05) is 10.7 Å². The maximum Gasteiger partial charge on any atom is 0.573 e. The number of ether oxygens (including phenoxy) is 2. The molecule has 2 rings (SSSR count). The Labute approximate surface area is 148 Å². The Morgan fingerprint density at radius 1 is 1.17 bits per heavy atom. The van der Waals surface area contributed by atoms with Gasteiger partial charge in [0.1, 0.15) is 11.5 Å². The number of amides is 1. The van der Waals surface area contributed by atoms with Crippen LogP contribution in [0.4, 0.5) is 18.9 Å². The van der Waals surface area contributed by atoms with E-state index < -0.39 is 12.3 Å². The highest BCUT2D eigenvalue weighted by molar-refractivity contribution is 9.10. The van der Waals surface area contributed by atoms with E-state index in [-0.39, 0.29) is 12.4 Å². The van der Waals surface area contributed by atoms with E-state index in [1.165, 1.54) is 12.1 Å². The molecule has 0 atom stereocenters. The van der Waals surface area contributed by atoms with Crippen LogP contribution in [0.5, 0.6) is 11.5 Å². The van der Waals surface area contributed by atoms with Gasteiger partial charge in [-0.2, -0.15) is 0 Å². The molecule has 2 aromatic rings. The molecule has 0 aromatic heterocycles. The minimum Gasteiger partial charge on any atom is -0.483 e. The lowest BCUT2D eigenvalue weighted by atomic mass is 10.3. The van der Waals surface area contributed by atoms with E-state index in [0.29, 0.717) is 20.9 Å². The van der Waals surface area contributed by atoms with Crippen molar-refractivity contribution >= 4 is 39.1 Å². The Kier molecular flexibility index (Phi) is 5.95. The molecule has 0 heterocycles. The van der Waals surface area contributed by atoms with Gasteiger partial charge in [-0.25, -0.2) is 0 Å². The van der Waals surface area contributed by atoms with E-state index >= 15 is 0 Å². The average molecular weight is 425 g/mol. The van der Waals surface area contributed by atoms with Crippen LogP contribution in [0.3, 0.4) is 0 Å². The summed E-state index contributed by atoms with van der Waals surface area (Å²) in [6.07, 6.45) is -4.76. The summed E-state index contributed by atoms with van der Waals surface area (Å²) in [5.41, 5.74) is 0.313. The van der Waals surface area contributed by atoms with Crippen LogP contribution in [0, 0.1) is 0 Å². The highest BCUT2D eigenvalue weighted by Crippen LogP contribution is 2.28. The van der Waals surface area contributed by atoms with E-state index in [2.05, 4.69) is 26.0 Å². The molecule has 24 heavy (non-hydrogen) atoms. The first-order valence-electron chi connectivity index (χ1n) is 6.46. The number of halogens is 5. The number of nitrogens with one attached hydrogen (secondary N) is 1. The van der Waals surface area contributed by atoms with Crippen molar-refractivity contribution in [1.29, 1.82) is 0 Å². The Morgan fingerprint density at radius 3 is 2.42 bits per heavy atom. The predicted molar refractivity (Wildman–Crippen MR) is 86.4 cm³/mol. The predicted octanol–water partition coefficient (Wildman–Crippen LogP) is 5.02. The number of benzene rings is 2. The summed E-state index contributed by atoms with van der Waals surface area (Å²) < 4.78 is 45.8. The number of rotatable bonds is 5. The molecular formula is C15H10BrClF3NO3. The zero-order chi connectivity index (χ0) is 17.7. The van der Waals surface area contributed by atoms with Gasteiger partial charge in [0.15, 0.2) is 6.61 Å². The number of alkyl halides is 3. The van der Waals surface area contributed by atoms with Crippen LogP contribution in [-0.2, 0) is 4.79 Å². The van der Waals surface area contributed by atoms with Crippen molar-refractivity contribution in [3.05, 3.63) is 52.0 Å². The molecule has 0 unspecified atom stereocenters. The molecule has 0 saturated carbocycles. The van der Waals surface area contributed by atoms with E-state index in [1.54, 1.807) is 18.2 Å². The van der Waals surface area contributed by atoms with Crippen molar-refractivity contribution in [3.8, 4) is 11.5 Å². The topological polar surface area (TPSA) is 47.6 Å². The lowest BCUT2D eigenvalue weighted by Gasteiger charge is -2.11. The van der Waals surface area contributed by atoms with E-state index in [4.69, 9.17) is 16.3 Å². The van der Waals surface area contributed by atoms with Gasteiger partial charge >= 0.3 is 6.36 Å². The Balaban J connectivity index is 1.88. The minimum absolute atomic E-state index is 0.277. The fourth-order valence-electron chi connectivity index (χ4n) is 1.67. The van der Waals surface area contributed by atoms with Crippen LogP contribution >= 0.6 is 27.5 Å². The molecule has 0 bridgehead atoms. The minimum atomic E-state index is -4.76. The summed E-state index contributed by atoms with van der Waals surface area (Å²) in [5.74, 6) is -0.411. The number of hydrogen-bond donors (Lipinski definition) is 1. The summed E-state index contributed by atoms with van der Waals surface area (Å²) in [5, 5.41) is 3.00. The third kappa shape index (κ3) is 5.93.